The number of aliphatic hydroxyl groups excluding tert-OH is 2. The standard InChI is InChI=1S/C18H21N5O5S/c1-18(27)13(25)10(5-24)28-17(18)23-4-9(12-14(19)21-7-22-15(12)23)11-3-8(6-29-11)16(26)20-2/h3-4,6-7,10,13,17,24-25,27H,5H2,1-2H3,(H,20,26)(H2,19,21,22)/t10-,13-,17-,18-/m1/s1. The minimum Gasteiger partial charge on any atom is -0.394 e. The first-order valence-electron chi connectivity index (χ1n) is 8.88. The first-order valence-corrected chi connectivity index (χ1v) is 9.76. The van der Waals surface area contributed by atoms with Gasteiger partial charge in [0.15, 0.2) is 6.23 Å². The first-order chi connectivity index (χ1) is 13.8. The van der Waals surface area contributed by atoms with Gasteiger partial charge in [0, 0.05) is 29.1 Å². The van der Waals surface area contributed by atoms with Crippen LogP contribution in [0.2, 0.25) is 0 Å². The fourth-order valence-corrected chi connectivity index (χ4v) is 4.51. The molecule has 0 aliphatic carbocycles. The van der Waals surface area contributed by atoms with Gasteiger partial charge in [-0.15, -0.1) is 11.3 Å². The molecule has 4 atom stereocenters. The topological polar surface area (TPSA) is 156 Å². The summed E-state index contributed by atoms with van der Waals surface area (Å²) in [5.41, 5.74) is 6.01. The van der Waals surface area contributed by atoms with Crippen molar-refractivity contribution in [3.63, 3.8) is 0 Å². The van der Waals surface area contributed by atoms with Crippen molar-refractivity contribution < 1.29 is 24.9 Å². The minimum atomic E-state index is -1.68. The van der Waals surface area contributed by atoms with Crippen LogP contribution < -0.4 is 11.1 Å². The van der Waals surface area contributed by atoms with Gasteiger partial charge < -0.3 is 35.7 Å². The molecule has 1 aliphatic rings. The van der Waals surface area contributed by atoms with Crippen LogP contribution in [0, 0.1) is 0 Å². The highest BCUT2D eigenvalue weighted by atomic mass is 32.1. The summed E-state index contributed by atoms with van der Waals surface area (Å²) in [6.45, 7) is 0.986. The van der Waals surface area contributed by atoms with E-state index >= 15 is 0 Å². The second kappa shape index (κ2) is 7.04. The quantitative estimate of drug-likeness (QED) is 0.399. The lowest BCUT2D eigenvalue weighted by Gasteiger charge is -2.27. The highest BCUT2D eigenvalue weighted by Crippen LogP contribution is 2.43. The van der Waals surface area contributed by atoms with Crippen molar-refractivity contribution >= 4 is 34.1 Å². The van der Waals surface area contributed by atoms with Gasteiger partial charge in [0.05, 0.1) is 17.6 Å². The summed E-state index contributed by atoms with van der Waals surface area (Å²) >= 11 is 1.35. The number of ether oxygens (including phenoxy) is 1. The Morgan fingerprint density at radius 1 is 1.48 bits per heavy atom. The molecule has 0 saturated carbocycles. The number of aliphatic hydroxyl groups is 3. The highest BCUT2D eigenvalue weighted by Gasteiger charge is 2.53. The Hall–Kier alpha value is -2.57. The predicted molar refractivity (Wildman–Crippen MR) is 106 cm³/mol. The van der Waals surface area contributed by atoms with Crippen LogP contribution in [0.4, 0.5) is 5.82 Å². The predicted octanol–water partition coefficient (Wildman–Crippen LogP) is 0.103. The summed E-state index contributed by atoms with van der Waals surface area (Å²) in [4.78, 5) is 21.0. The number of aromatic nitrogens is 3. The lowest BCUT2D eigenvalue weighted by Crippen LogP contribution is -2.44. The van der Waals surface area contributed by atoms with E-state index in [2.05, 4.69) is 15.3 Å². The summed E-state index contributed by atoms with van der Waals surface area (Å²) < 4.78 is 7.30. The number of carbonyl (C=O) groups excluding carboxylic acids is 1. The van der Waals surface area contributed by atoms with Crippen molar-refractivity contribution in [1.82, 2.24) is 19.9 Å². The lowest BCUT2D eigenvalue weighted by molar-refractivity contribution is -0.0948. The maximum atomic E-state index is 11.9. The van der Waals surface area contributed by atoms with E-state index in [1.165, 1.54) is 24.6 Å². The second-order valence-electron chi connectivity index (χ2n) is 7.07. The zero-order valence-corrected chi connectivity index (χ0v) is 16.6. The molecule has 0 spiro atoms. The fraction of sp³-hybridized carbons (Fsp3) is 0.389. The largest absolute Gasteiger partial charge is 0.394 e. The molecule has 1 fully saturated rings. The van der Waals surface area contributed by atoms with Crippen molar-refractivity contribution in [2.24, 2.45) is 0 Å². The van der Waals surface area contributed by atoms with E-state index in [9.17, 15) is 20.1 Å². The average molecular weight is 419 g/mol. The van der Waals surface area contributed by atoms with Gasteiger partial charge in [0.25, 0.3) is 5.91 Å². The third-order valence-electron chi connectivity index (χ3n) is 5.18. The van der Waals surface area contributed by atoms with Gasteiger partial charge in [0.1, 0.15) is 35.6 Å². The number of hydrogen-bond acceptors (Lipinski definition) is 9. The number of rotatable bonds is 4. The van der Waals surface area contributed by atoms with Gasteiger partial charge in [-0.1, -0.05) is 0 Å². The number of nitrogens with one attached hydrogen (secondary N) is 1. The third kappa shape index (κ3) is 2.98. The van der Waals surface area contributed by atoms with Gasteiger partial charge in [0.2, 0.25) is 0 Å². The molecular weight excluding hydrogens is 398 g/mol. The lowest BCUT2D eigenvalue weighted by atomic mass is 9.96. The van der Waals surface area contributed by atoms with Crippen molar-refractivity contribution in [2.45, 2.75) is 31.0 Å². The van der Waals surface area contributed by atoms with Crippen LogP contribution in [0.3, 0.4) is 0 Å². The maximum absolute atomic E-state index is 11.9. The molecule has 4 heterocycles. The third-order valence-corrected chi connectivity index (χ3v) is 6.14. The van der Waals surface area contributed by atoms with E-state index < -0.39 is 30.6 Å². The van der Waals surface area contributed by atoms with Crippen LogP contribution >= 0.6 is 11.3 Å². The molecule has 4 rings (SSSR count). The first kappa shape index (κ1) is 19.7. The van der Waals surface area contributed by atoms with Crippen LogP contribution in [0.25, 0.3) is 21.5 Å². The number of fused-ring (bicyclic) bond motifs is 1. The SMILES string of the molecule is CNC(=O)c1csc(-c2cn([C@@H]3O[C@H](CO)[C@@H](O)[C@@]3(C)O)c3ncnc(N)c23)c1. The van der Waals surface area contributed by atoms with Gasteiger partial charge in [-0.05, 0) is 13.0 Å². The van der Waals surface area contributed by atoms with Crippen LogP contribution in [-0.4, -0.2) is 67.2 Å². The van der Waals surface area contributed by atoms with E-state index in [1.807, 2.05) is 0 Å². The maximum Gasteiger partial charge on any atom is 0.251 e. The molecule has 3 aromatic rings. The number of amides is 1. The summed E-state index contributed by atoms with van der Waals surface area (Å²) in [5.74, 6) is 0.0203. The van der Waals surface area contributed by atoms with E-state index in [-0.39, 0.29) is 11.7 Å². The van der Waals surface area contributed by atoms with Crippen LogP contribution in [0.15, 0.2) is 24.0 Å². The molecule has 1 amide bonds. The Bertz CT molecular complexity index is 1080. The van der Waals surface area contributed by atoms with Crippen molar-refractivity contribution in [2.75, 3.05) is 19.4 Å². The molecule has 1 saturated heterocycles. The molecule has 11 heteroatoms. The van der Waals surface area contributed by atoms with Crippen LogP contribution in [-0.2, 0) is 4.74 Å². The number of carbonyl (C=O) groups is 1. The highest BCUT2D eigenvalue weighted by molar-refractivity contribution is 7.14. The Labute approximate surface area is 169 Å². The normalized spacial score (nSPS) is 26.9. The Morgan fingerprint density at radius 3 is 2.90 bits per heavy atom. The number of anilines is 1. The van der Waals surface area contributed by atoms with Gasteiger partial charge in [-0.3, -0.25) is 4.79 Å². The molecule has 0 unspecified atom stereocenters. The van der Waals surface area contributed by atoms with Crippen molar-refractivity contribution in [3.8, 4) is 10.4 Å². The molecule has 154 valence electrons. The summed E-state index contributed by atoms with van der Waals surface area (Å²) in [6.07, 6.45) is -0.262. The smallest absolute Gasteiger partial charge is 0.251 e. The molecule has 0 bridgehead atoms. The zero-order valence-electron chi connectivity index (χ0n) is 15.7. The van der Waals surface area contributed by atoms with E-state index in [0.717, 1.165) is 4.88 Å². The van der Waals surface area contributed by atoms with Crippen LogP contribution in [0.5, 0.6) is 0 Å². The van der Waals surface area contributed by atoms with Crippen molar-refractivity contribution in [3.05, 3.63) is 29.5 Å². The molecule has 3 aromatic heterocycles. The summed E-state index contributed by atoms with van der Waals surface area (Å²) in [7, 11) is 1.56. The van der Waals surface area contributed by atoms with Crippen molar-refractivity contribution in [1.29, 1.82) is 0 Å². The summed E-state index contributed by atoms with van der Waals surface area (Å²) in [5, 5.41) is 35.5. The molecule has 1 aliphatic heterocycles. The number of nitrogens with zero attached hydrogens (tertiary/aromatic N) is 3. The van der Waals surface area contributed by atoms with E-state index in [0.29, 0.717) is 22.2 Å². The average Bonchev–Trinajstić information content (AvgIpc) is 3.38. The zero-order chi connectivity index (χ0) is 20.9. The summed E-state index contributed by atoms with van der Waals surface area (Å²) in [6, 6.07) is 1.73. The molecule has 0 aromatic carbocycles. The molecule has 0 radical (unpaired) electrons. The number of hydrogen-bond donors (Lipinski definition) is 5. The minimum absolute atomic E-state index is 0.212. The Kier molecular flexibility index (Phi) is 4.79. The van der Waals surface area contributed by atoms with Gasteiger partial charge in [-0.2, -0.15) is 0 Å². The molecule has 6 N–H and O–H groups in total. The van der Waals surface area contributed by atoms with Crippen LogP contribution in [0.1, 0.15) is 23.5 Å². The monoisotopic (exact) mass is 419 g/mol. The Morgan fingerprint density at radius 2 is 2.24 bits per heavy atom. The number of thiophene rings is 1. The van der Waals surface area contributed by atoms with Gasteiger partial charge in [-0.25, -0.2) is 9.97 Å². The molecule has 10 nitrogen and oxygen atoms in total. The van der Waals surface area contributed by atoms with Gasteiger partial charge >= 0.3 is 0 Å². The molecular formula is C18H21N5O5S. The van der Waals surface area contributed by atoms with E-state index in [1.54, 1.807) is 29.3 Å². The second-order valence-corrected chi connectivity index (χ2v) is 7.98. The Balaban J connectivity index is 1.89. The number of nitrogen functional groups attached to an aromatic ring is 1. The molecule has 29 heavy (non-hydrogen) atoms. The number of nitrogens with two attached hydrogens (primary N) is 1. The van der Waals surface area contributed by atoms with E-state index in [4.69, 9.17) is 10.5 Å². The fourth-order valence-electron chi connectivity index (χ4n) is 3.61.